The summed E-state index contributed by atoms with van der Waals surface area (Å²) in [5.41, 5.74) is 2.67. The summed E-state index contributed by atoms with van der Waals surface area (Å²) in [7, 11) is 0. The van der Waals surface area contributed by atoms with E-state index in [1.165, 1.54) is 69.1 Å². The monoisotopic (exact) mass is 220 g/mol. The van der Waals surface area contributed by atoms with Crippen molar-refractivity contribution < 1.29 is 0 Å². The minimum Gasteiger partial charge on any atom is -0.261 e. The highest BCUT2D eigenvalue weighted by atomic mass is 14.9. The largest absolute Gasteiger partial charge is 0.261 e. The number of nitrogens with zero attached hydrogens (tertiary/aromatic N) is 1. The molecule has 1 aliphatic heterocycles. The van der Waals surface area contributed by atoms with Gasteiger partial charge in [0, 0.05) is 11.9 Å². The van der Waals surface area contributed by atoms with Crippen molar-refractivity contribution in [3.63, 3.8) is 0 Å². The van der Waals surface area contributed by atoms with Crippen LogP contribution in [0.4, 0.5) is 0 Å². The molecule has 0 saturated heterocycles. The molecule has 1 aliphatic rings. The zero-order valence-electron chi connectivity index (χ0n) is 11.0. The third kappa shape index (κ3) is 5.39. The molecule has 0 atom stereocenters. The molecule has 91 valence electrons. The quantitative estimate of drug-likeness (QED) is 0.489. The Hall–Kier alpha value is -0.720. The molecule has 0 aromatic rings. The Morgan fingerprint density at radius 1 is 0.938 bits per heavy atom. The van der Waals surface area contributed by atoms with E-state index in [1.807, 2.05) is 6.20 Å². The Kier molecular flexibility index (Phi) is 7.03. The van der Waals surface area contributed by atoms with Gasteiger partial charge in [0.1, 0.15) is 0 Å². The van der Waals surface area contributed by atoms with Crippen LogP contribution in [0, 0.1) is 0 Å². The van der Waals surface area contributed by atoms with Gasteiger partial charge in [-0.15, -0.1) is 0 Å². The molecule has 1 heterocycles. The molecule has 0 aromatic heterocycles. The van der Waals surface area contributed by atoms with Crippen LogP contribution < -0.4 is 5.32 Å². The Morgan fingerprint density at radius 3 is 2.12 bits per heavy atom. The van der Waals surface area contributed by atoms with Gasteiger partial charge in [0.05, 0.1) is 0 Å². The summed E-state index contributed by atoms with van der Waals surface area (Å²) in [5, 5.41) is 4.27. The van der Waals surface area contributed by atoms with Gasteiger partial charge >= 0.3 is 0 Å². The lowest BCUT2D eigenvalue weighted by atomic mass is 10.0. The third-order valence-electron chi connectivity index (χ3n) is 3.31. The van der Waals surface area contributed by atoms with Gasteiger partial charge in [-0.05, 0) is 31.4 Å². The van der Waals surface area contributed by atoms with Crippen LogP contribution in [0.1, 0.15) is 71.6 Å². The number of hydrogen-bond acceptors (Lipinski definition) is 0. The number of allylic oxidation sites excluding steroid dienone is 3. The molecular weight excluding hydrogens is 194 g/mol. The van der Waals surface area contributed by atoms with Crippen LogP contribution in [0.5, 0.6) is 0 Å². The molecule has 0 N–H and O–H groups in total. The normalized spacial score (nSPS) is 14.6. The first-order valence-corrected chi connectivity index (χ1v) is 6.91. The molecular formula is C15H26N. The number of rotatable bonds is 9. The van der Waals surface area contributed by atoms with Gasteiger partial charge in [-0.25, -0.2) is 0 Å². The highest BCUT2D eigenvalue weighted by Crippen LogP contribution is 2.19. The molecule has 1 rings (SSSR count). The van der Waals surface area contributed by atoms with Gasteiger partial charge in [0.15, 0.2) is 0 Å². The van der Waals surface area contributed by atoms with E-state index in [0.717, 1.165) is 0 Å². The summed E-state index contributed by atoms with van der Waals surface area (Å²) in [6, 6.07) is 0. The second-order valence-electron chi connectivity index (χ2n) is 4.78. The maximum absolute atomic E-state index is 4.27. The number of hydrogen-bond donors (Lipinski definition) is 0. The third-order valence-corrected chi connectivity index (χ3v) is 3.31. The van der Waals surface area contributed by atoms with Gasteiger partial charge in [-0.2, -0.15) is 0 Å². The fraction of sp³-hybridized carbons (Fsp3) is 0.733. The van der Waals surface area contributed by atoms with Crippen LogP contribution in [0.2, 0.25) is 0 Å². The van der Waals surface area contributed by atoms with E-state index >= 15 is 0 Å². The average Bonchev–Trinajstić information content (AvgIpc) is 2.68. The first-order chi connectivity index (χ1) is 7.84. The lowest BCUT2D eigenvalue weighted by molar-refractivity contribution is 0.575. The first kappa shape index (κ1) is 13.3. The molecule has 0 spiro atoms. The van der Waals surface area contributed by atoms with Gasteiger partial charge in [0.25, 0.3) is 0 Å². The summed E-state index contributed by atoms with van der Waals surface area (Å²) >= 11 is 0. The Balaban J connectivity index is 1.89. The van der Waals surface area contributed by atoms with Crippen molar-refractivity contribution in [2.24, 2.45) is 0 Å². The van der Waals surface area contributed by atoms with E-state index in [2.05, 4.69) is 25.2 Å². The standard InChI is InChI=1S/C15H26N/c1-3-4-5-6-7-8-9-10-11-15-12-13-16-14(15)2/h12-13H,3-11H2,1-2H3. The van der Waals surface area contributed by atoms with E-state index < -0.39 is 0 Å². The summed E-state index contributed by atoms with van der Waals surface area (Å²) in [4.78, 5) is 0. The molecule has 0 fully saturated rings. The Labute approximate surface area is 101 Å². The zero-order valence-corrected chi connectivity index (χ0v) is 11.0. The fourth-order valence-electron chi connectivity index (χ4n) is 2.16. The van der Waals surface area contributed by atoms with Gasteiger partial charge in [-0.3, -0.25) is 5.32 Å². The molecule has 0 aromatic carbocycles. The van der Waals surface area contributed by atoms with E-state index in [1.54, 1.807) is 0 Å². The minimum atomic E-state index is 1.22. The minimum absolute atomic E-state index is 1.22. The van der Waals surface area contributed by atoms with Crippen molar-refractivity contribution in [1.82, 2.24) is 5.32 Å². The highest BCUT2D eigenvalue weighted by molar-refractivity contribution is 5.29. The molecule has 1 nitrogen and oxygen atoms in total. The molecule has 0 unspecified atom stereocenters. The van der Waals surface area contributed by atoms with Gasteiger partial charge in [0.2, 0.25) is 0 Å². The second kappa shape index (κ2) is 8.43. The van der Waals surface area contributed by atoms with E-state index in [4.69, 9.17) is 0 Å². The maximum atomic E-state index is 4.27. The number of unbranched alkanes of at least 4 members (excludes halogenated alkanes) is 7. The van der Waals surface area contributed by atoms with Crippen molar-refractivity contribution in [1.29, 1.82) is 0 Å². The summed E-state index contributed by atoms with van der Waals surface area (Å²) in [6.07, 6.45) is 16.5. The lowest BCUT2D eigenvalue weighted by Gasteiger charge is -2.03. The molecule has 1 radical (unpaired) electrons. The van der Waals surface area contributed by atoms with Crippen molar-refractivity contribution in [2.75, 3.05) is 0 Å². The summed E-state index contributed by atoms with van der Waals surface area (Å²) < 4.78 is 0. The fourth-order valence-corrected chi connectivity index (χ4v) is 2.16. The van der Waals surface area contributed by atoms with E-state index in [-0.39, 0.29) is 0 Å². The molecule has 1 heteroatoms. The zero-order chi connectivity index (χ0) is 11.6. The van der Waals surface area contributed by atoms with Crippen LogP contribution in [0.15, 0.2) is 23.5 Å². The molecule has 0 saturated carbocycles. The molecule has 16 heavy (non-hydrogen) atoms. The van der Waals surface area contributed by atoms with E-state index in [0.29, 0.717) is 0 Å². The maximum Gasteiger partial charge on any atom is 0.0405 e. The predicted molar refractivity (Wildman–Crippen MR) is 71.2 cm³/mol. The van der Waals surface area contributed by atoms with Crippen molar-refractivity contribution in [2.45, 2.75) is 71.6 Å². The van der Waals surface area contributed by atoms with Crippen LogP contribution in [-0.4, -0.2) is 0 Å². The molecule has 0 bridgehead atoms. The molecule has 0 aliphatic carbocycles. The summed E-state index contributed by atoms with van der Waals surface area (Å²) in [5.74, 6) is 0. The van der Waals surface area contributed by atoms with Crippen molar-refractivity contribution >= 4 is 0 Å². The van der Waals surface area contributed by atoms with Gasteiger partial charge < -0.3 is 0 Å². The van der Waals surface area contributed by atoms with E-state index in [9.17, 15) is 0 Å². The van der Waals surface area contributed by atoms with Crippen LogP contribution in [0.3, 0.4) is 0 Å². The Bertz CT molecular complexity index is 238. The topological polar surface area (TPSA) is 14.1 Å². The predicted octanol–water partition coefficient (Wildman–Crippen LogP) is 4.92. The lowest BCUT2D eigenvalue weighted by Crippen LogP contribution is -1.89. The van der Waals surface area contributed by atoms with Crippen molar-refractivity contribution in [3.05, 3.63) is 23.5 Å². The smallest absolute Gasteiger partial charge is 0.0405 e. The van der Waals surface area contributed by atoms with Crippen molar-refractivity contribution in [3.8, 4) is 0 Å². The van der Waals surface area contributed by atoms with Crippen LogP contribution >= 0.6 is 0 Å². The highest BCUT2D eigenvalue weighted by Gasteiger charge is 2.04. The van der Waals surface area contributed by atoms with Crippen LogP contribution in [0.25, 0.3) is 0 Å². The SMILES string of the molecule is CCCCCCCCCCC1=C(C)[N]C=C1. The Morgan fingerprint density at radius 2 is 1.56 bits per heavy atom. The summed E-state index contributed by atoms with van der Waals surface area (Å²) in [6.45, 7) is 4.39. The second-order valence-corrected chi connectivity index (χ2v) is 4.78. The average molecular weight is 220 g/mol. The molecule has 0 amide bonds. The first-order valence-electron chi connectivity index (χ1n) is 6.91. The van der Waals surface area contributed by atoms with Gasteiger partial charge in [-0.1, -0.05) is 51.9 Å². The van der Waals surface area contributed by atoms with Crippen LogP contribution in [-0.2, 0) is 0 Å².